The van der Waals surface area contributed by atoms with Crippen molar-refractivity contribution in [2.24, 2.45) is 0 Å². The maximum atomic E-state index is 5.52. The fraction of sp³-hybridized carbons (Fsp3) is 0.600. The predicted octanol–water partition coefficient (Wildman–Crippen LogP) is 3.36. The lowest BCUT2D eigenvalue weighted by molar-refractivity contribution is 0.369. The van der Waals surface area contributed by atoms with E-state index in [9.17, 15) is 0 Å². The van der Waals surface area contributed by atoms with Crippen molar-refractivity contribution in [3.63, 3.8) is 0 Å². The monoisotopic (exact) mass is 235 g/mol. The van der Waals surface area contributed by atoms with Gasteiger partial charge in [-0.3, -0.25) is 0 Å². The molecule has 0 bridgehead atoms. The van der Waals surface area contributed by atoms with Crippen LogP contribution in [0.4, 0.5) is 0 Å². The maximum absolute atomic E-state index is 5.52. The zero-order chi connectivity index (χ0) is 13.2. The second kappa shape index (κ2) is 5.09. The molecule has 17 heavy (non-hydrogen) atoms. The molecule has 96 valence electrons. The van der Waals surface area contributed by atoms with Gasteiger partial charge in [-0.1, -0.05) is 32.9 Å². The van der Waals surface area contributed by atoms with E-state index in [2.05, 4.69) is 58.8 Å². The molecule has 0 heterocycles. The molecule has 0 saturated carbocycles. The molecule has 0 fully saturated rings. The Labute approximate surface area is 106 Å². The standard InChI is InChI=1S/C15H25NO/c1-11-8-13(15(2,3)4)9-12(10-16(5)6)14(11)17-7/h8-9H,10H2,1-7H3. The molecule has 0 unspecified atom stereocenters. The zero-order valence-electron chi connectivity index (χ0n) is 12.2. The number of hydrogen-bond acceptors (Lipinski definition) is 2. The van der Waals surface area contributed by atoms with Crippen molar-refractivity contribution in [1.82, 2.24) is 4.90 Å². The Morgan fingerprint density at radius 1 is 1.18 bits per heavy atom. The topological polar surface area (TPSA) is 12.5 Å². The summed E-state index contributed by atoms with van der Waals surface area (Å²) in [6, 6.07) is 4.50. The van der Waals surface area contributed by atoms with Crippen LogP contribution in [0.5, 0.6) is 5.75 Å². The number of ether oxygens (including phenoxy) is 1. The van der Waals surface area contributed by atoms with Gasteiger partial charge in [0.05, 0.1) is 7.11 Å². The molecule has 2 heteroatoms. The third kappa shape index (κ3) is 3.47. The molecule has 0 atom stereocenters. The first-order valence-electron chi connectivity index (χ1n) is 6.08. The molecular weight excluding hydrogens is 210 g/mol. The van der Waals surface area contributed by atoms with Gasteiger partial charge in [0, 0.05) is 12.1 Å². The SMILES string of the molecule is COc1c(C)cc(C(C)(C)C)cc1CN(C)C. The average Bonchev–Trinajstić information content (AvgIpc) is 2.14. The van der Waals surface area contributed by atoms with Crippen LogP contribution >= 0.6 is 0 Å². The highest BCUT2D eigenvalue weighted by Crippen LogP contribution is 2.31. The molecule has 0 saturated heterocycles. The van der Waals surface area contributed by atoms with E-state index < -0.39 is 0 Å². The van der Waals surface area contributed by atoms with E-state index in [0.29, 0.717) is 0 Å². The summed E-state index contributed by atoms with van der Waals surface area (Å²) in [7, 11) is 5.91. The first-order chi connectivity index (χ1) is 7.75. The van der Waals surface area contributed by atoms with Crippen LogP contribution < -0.4 is 4.74 Å². The Morgan fingerprint density at radius 2 is 1.76 bits per heavy atom. The molecule has 0 aliphatic rings. The van der Waals surface area contributed by atoms with Gasteiger partial charge in [0.25, 0.3) is 0 Å². The van der Waals surface area contributed by atoms with Crippen molar-refractivity contribution < 1.29 is 4.74 Å². The zero-order valence-corrected chi connectivity index (χ0v) is 12.2. The average molecular weight is 235 g/mol. The van der Waals surface area contributed by atoms with E-state index in [1.165, 1.54) is 16.7 Å². The highest BCUT2D eigenvalue weighted by molar-refractivity contribution is 5.45. The second-order valence-electron chi connectivity index (χ2n) is 5.97. The van der Waals surface area contributed by atoms with Crippen LogP contribution in [0.25, 0.3) is 0 Å². The van der Waals surface area contributed by atoms with Gasteiger partial charge in [-0.05, 0) is 37.6 Å². The first kappa shape index (κ1) is 14.0. The number of hydrogen-bond donors (Lipinski definition) is 0. The molecule has 0 aliphatic heterocycles. The molecule has 1 aromatic rings. The van der Waals surface area contributed by atoms with Crippen molar-refractivity contribution >= 4 is 0 Å². The number of benzene rings is 1. The van der Waals surface area contributed by atoms with E-state index in [-0.39, 0.29) is 5.41 Å². The summed E-state index contributed by atoms with van der Waals surface area (Å²) in [6.45, 7) is 9.76. The molecule has 0 amide bonds. The third-order valence-electron chi connectivity index (χ3n) is 2.91. The molecule has 0 aliphatic carbocycles. The lowest BCUT2D eigenvalue weighted by atomic mass is 9.85. The van der Waals surface area contributed by atoms with Gasteiger partial charge < -0.3 is 9.64 Å². The van der Waals surface area contributed by atoms with E-state index in [1.54, 1.807) is 7.11 Å². The molecular formula is C15H25NO. The Bertz CT molecular complexity index is 389. The van der Waals surface area contributed by atoms with Crippen LogP contribution in [0.3, 0.4) is 0 Å². The van der Waals surface area contributed by atoms with Gasteiger partial charge >= 0.3 is 0 Å². The van der Waals surface area contributed by atoms with E-state index in [1.807, 2.05) is 0 Å². The first-order valence-corrected chi connectivity index (χ1v) is 6.08. The van der Waals surface area contributed by atoms with Crippen LogP contribution in [-0.4, -0.2) is 26.1 Å². The van der Waals surface area contributed by atoms with Gasteiger partial charge in [-0.15, -0.1) is 0 Å². The lowest BCUT2D eigenvalue weighted by Crippen LogP contribution is -2.16. The summed E-state index contributed by atoms with van der Waals surface area (Å²) >= 11 is 0. The molecule has 1 rings (SSSR count). The Balaban J connectivity index is 3.28. The Hall–Kier alpha value is -1.02. The van der Waals surface area contributed by atoms with Crippen molar-refractivity contribution in [3.05, 3.63) is 28.8 Å². The highest BCUT2D eigenvalue weighted by Gasteiger charge is 2.18. The van der Waals surface area contributed by atoms with Crippen molar-refractivity contribution in [2.45, 2.75) is 39.7 Å². The molecule has 2 nitrogen and oxygen atoms in total. The van der Waals surface area contributed by atoms with Gasteiger partial charge in [-0.2, -0.15) is 0 Å². The third-order valence-corrected chi connectivity index (χ3v) is 2.91. The van der Waals surface area contributed by atoms with E-state index >= 15 is 0 Å². The minimum absolute atomic E-state index is 0.179. The van der Waals surface area contributed by atoms with Crippen LogP contribution in [0.2, 0.25) is 0 Å². The minimum atomic E-state index is 0.179. The second-order valence-corrected chi connectivity index (χ2v) is 5.97. The van der Waals surface area contributed by atoms with Crippen molar-refractivity contribution in [3.8, 4) is 5.75 Å². The van der Waals surface area contributed by atoms with Crippen LogP contribution in [0, 0.1) is 6.92 Å². The van der Waals surface area contributed by atoms with Gasteiger partial charge in [-0.25, -0.2) is 0 Å². The van der Waals surface area contributed by atoms with Gasteiger partial charge in [0.15, 0.2) is 0 Å². The lowest BCUT2D eigenvalue weighted by Gasteiger charge is -2.23. The summed E-state index contributed by atoms with van der Waals surface area (Å²) in [5.41, 5.74) is 4.03. The fourth-order valence-corrected chi connectivity index (χ4v) is 2.03. The highest BCUT2D eigenvalue weighted by atomic mass is 16.5. The van der Waals surface area contributed by atoms with Gasteiger partial charge in [0.2, 0.25) is 0 Å². The minimum Gasteiger partial charge on any atom is -0.496 e. The number of aryl methyl sites for hydroxylation is 1. The number of rotatable bonds is 3. The number of methoxy groups -OCH3 is 1. The van der Waals surface area contributed by atoms with Crippen molar-refractivity contribution in [1.29, 1.82) is 0 Å². The Morgan fingerprint density at radius 3 is 2.18 bits per heavy atom. The molecule has 0 N–H and O–H groups in total. The van der Waals surface area contributed by atoms with Crippen LogP contribution in [0.15, 0.2) is 12.1 Å². The summed E-state index contributed by atoms with van der Waals surface area (Å²) in [5, 5.41) is 0. The Kier molecular flexibility index (Phi) is 4.21. The normalized spacial score (nSPS) is 12.0. The summed E-state index contributed by atoms with van der Waals surface area (Å²) in [6.07, 6.45) is 0. The summed E-state index contributed by atoms with van der Waals surface area (Å²) in [5.74, 6) is 1.02. The molecule has 0 radical (unpaired) electrons. The van der Waals surface area contributed by atoms with Gasteiger partial charge in [0.1, 0.15) is 5.75 Å². The predicted molar refractivity (Wildman–Crippen MR) is 73.8 cm³/mol. The van der Waals surface area contributed by atoms with Crippen LogP contribution in [0.1, 0.15) is 37.5 Å². The number of nitrogens with zero attached hydrogens (tertiary/aromatic N) is 1. The largest absolute Gasteiger partial charge is 0.496 e. The summed E-state index contributed by atoms with van der Waals surface area (Å²) in [4.78, 5) is 2.17. The van der Waals surface area contributed by atoms with Crippen molar-refractivity contribution in [2.75, 3.05) is 21.2 Å². The summed E-state index contributed by atoms with van der Waals surface area (Å²) < 4.78 is 5.52. The molecule has 0 aromatic heterocycles. The van der Waals surface area contributed by atoms with Crippen LogP contribution in [-0.2, 0) is 12.0 Å². The molecule has 1 aromatic carbocycles. The van der Waals surface area contributed by atoms with E-state index in [0.717, 1.165) is 12.3 Å². The maximum Gasteiger partial charge on any atom is 0.126 e. The fourth-order valence-electron chi connectivity index (χ4n) is 2.03. The smallest absolute Gasteiger partial charge is 0.126 e. The van der Waals surface area contributed by atoms with E-state index in [4.69, 9.17) is 4.74 Å². The quantitative estimate of drug-likeness (QED) is 0.796. The molecule has 0 spiro atoms.